The molecule has 0 radical (unpaired) electrons. The molecular formula is C24H24ClN3O4. The number of benzene rings is 2. The highest BCUT2D eigenvalue weighted by atomic mass is 35.5. The molecule has 8 heteroatoms. The van der Waals surface area contributed by atoms with Crippen LogP contribution in [-0.2, 0) is 6.61 Å². The molecule has 32 heavy (non-hydrogen) atoms. The van der Waals surface area contributed by atoms with Crippen molar-refractivity contribution in [1.29, 1.82) is 0 Å². The smallest absolute Gasteiger partial charge is 0.255 e. The van der Waals surface area contributed by atoms with E-state index in [9.17, 15) is 9.59 Å². The second-order valence-corrected chi connectivity index (χ2v) is 8.09. The first-order valence-electron chi connectivity index (χ1n) is 10.4. The van der Waals surface area contributed by atoms with Gasteiger partial charge in [0.05, 0.1) is 21.8 Å². The number of nitrogens with zero attached hydrogens (tertiary/aromatic N) is 3. The zero-order valence-corrected chi connectivity index (χ0v) is 18.8. The van der Waals surface area contributed by atoms with Gasteiger partial charge in [-0.05, 0) is 44.2 Å². The van der Waals surface area contributed by atoms with Crippen LogP contribution in [-0.4, -0.2) is 52.9 Å². The number of carbonyl (C=O) groups is 2. The first-order chi connectivity index (χ1) is 15.4. The van der Waals surface area contributed by atoms with Crippen molar-refractivity contribution in [3.8, 4) is 5.75 Å². The number of aromatic nitrogens is 1. The molecule has 4 rings (SSSR count). The average Bonchev–Trinajstić information content (AvgIpc) is 3.14. The van der Waals surface area contributed by atoms with E-state index >= 15 is 0 Å². The van der Waals surface area contributed by atoms with Gasteiger partial charge in [-0.3, -0.25) is 9.59 Å². The van der Waals surface area contributed by atoms with Crippen molar-refractivity contribution in [3.05, 3.63) is 81.7 Å². The summed E-state index contributed by atoms with van der Waals surface area (Å²) >= 11 is 6.16. The van der Waals surface area contributed by atoms with Gasteiger partial charge >= 0.3 is 0 Å². The molecule has 1 saturated heterocycles. The summed E-state index contributed by atoms with van der Waals surface area (Å²) in [6.07, 6.45) is 0. The zero-order chi connectivity index (χ0) is 22.7. The Balaban J connectivity index is 1.36. The van der Waals surface area contributed by atoms with Crippen molar-refractivity contribution in [2.45, 2.75) is 20.5 Å². The molecule has 0 bridgehead atoms. The van der Waals surface area contributed by atoms with Crippen molar-refractivity contribution in [1.82, 2.24) is 15.0 Å². The quantitative estimate of drug-likeness (QED) is 0.580. The summed E-state index contributed by atoms with van der Waals surface area (Å²) in [5, 5.41) is 4.36. The van der Waals surface area contributed by atoms with Crippen LogP contribution in [0.4, 0.5) is 0 Å². The molecule has 2 amide bonds. The summed E-state index contributed by atoms with van der Waals surface area (Å²) in [4.78, 5) is 29.2. The number of hydrogen-bond donors (Lipinski definition) is 0. The maximum absolute atomic E-state index is 13.0. The van der Waals surface area contributed by atoms with Crippen LogP contribution in [0.3, 0.4) is 0 Å². The average molecular weight is 454 g/mol. The zero-order valence-electron chi connectivity index (χ0n) is 18.0. The van der Waals surface area contributed by atoms with Gasteiger partial charge in [-0.1, -0.05) is 35.0 Å². The Morgan fingerprint density at radius 1 is 1.00 bits per heavy atom. The monoisotopic (exact) mass is 453 g/mol. The summed E-state index contributed by atoms with van der Waals surface area (Å²) in [6.45, 7) is 5.86. The molecule has 0 saturated carbocycles. The highest BCUT2D eigenvalue weighted by Gasteiger charge is 2.26. The Bertz CT molecular complexity index is 1120. The highest BCUT2D eigenvalue weighted by molar-refractivity contribution is 6.33. The van der Waals surface area contributed by atoms with E-state index in [2.05, 4.69) is 5.16 Å². The van der Waals surface area contributed by atoms with E-state index in [1.54, 1.807) is 52.3 Å². The molecule has 166 valence electrons. The summed E-state index contributed by atoms with van der Waals surface area (Å²) in [7, 11) is 0. The van der Waals surface area contributed by atoms with E-state index < -0.39 is 0 Å². The standard InChI is InChI=1S/C24H24ClN3O4/c1-16-21(17(2)32-26-16)15-31-19-7-5-6-18(14-19)23(29)27-10-12-28(13-11-27)24(30)20-8-3-4-9-22(20)25/h3-9,14H,10-13,15H2,1-2H3. The van der Waals surface area contributed by atoms with Gasteiger partial charge in [-0.2, -0.15) is 0 Å². The first-order valence-corrected chi connectivity index (χ1v) is 10.8. The van der Waals surface area contributed by atoms with E-state index in [0.717, 1.165) is 17.0 Å². The Morgan fingerprint density at radius 2 is 1.69 bits per heavy atom. The third-order valence-corrected chi connectivity index (χ3v) is 5.93. The minimum Gasteiger partial charge on any atom is -0.489 e. The minimum absolute atomic E-state index is 0.0855. The predicted octanol–water partition coefficient (Wildman–Crippen LogP) is 4.12. The number of rotatable bonds is 5. The fraction of sp³-hybridized carbons (Fsp3) is 0.292. The number of aryl methyl sites for hydroxylation is 2. The molecule has 0 spiro atoms. The van der Waals surface area contributed by atoms with Crippen LogP contribution >= 0.6 is 11.6 Å². The van der Waals surface area contributed by atoms with Gasteiger partial charge in [-0.15, -0.1) is 0 Å². The van der Waals surface area contributed by atoms with E-state index in [1.807, 2.05) is 19.9 Å². The Kier molecular flexibility index (Phi) is 6.46. The Labute approximate surface area is 191 Å². The molecular weight excluding hydrogens is 430 g/mol. The highest BCUT2D eigenvalue weighted by Crippen LogP contribution is 2.21. The van der Waals surface area contributed by atoms with Crippen LogP contribution in [0.25, 0.3) is 0 Å². The van der Waals surface area contributed by atoms with Crippen molar-refractivity contribution >= 4 is 23.4 Å². The second-order valence-electron chi connectivity index (χ2n) is 7.68. The molecule has 1 aliphatic rings. The summed E-state index contributed by atoms with van der Waals surface area (Å²) < 4.78 is 11.0. The van der Waals surface area contributed by atoms with Crippen molar-refractivity contribution in [3.63, 3.8) is 0 Å². The molecule has 0 atom stereocenters. The lowest BCUT2D eigenvalue weighted by atomic mass is 10.1. The lowest BCUT2D eigenvalue weighted by molar-refractivity contribution is 0.0535. The number of hydrogen-bond acceptors (Lipinski definition) is 5. The van der Waals surface area contributed by atoms with Gasteiger partial charge in [-0.25, -0.2) is 0 Å². The van der Waals surface area contributed by atoms with E-state index in [0.29, 0.717) is 54.7 Å². The molecule has 3 aromatic rings. The maximum atomic E-state index is 13.0. The summed E-state index contributed by atoms with van der Waals surface area (Å²) in [5.41, 5.74) is 2.73. The third-order valence-electron chi connectivity index (χ3n) is 5.60. The number of ether oxygens (including phenoxy) is 1. The predicted molar refractivity (Wildman–Crippen MR) is 120 cm³/mol. The van der Waals surface area contributed by atoms with E-state index in [1.165, 1.54) is 0 Å². The normalized spacial score (nSPS) is 13.8. The molecule has 0 N–H and O–H groups in total. The molecule has 2 heterocycles. The summed E-state index contributed by atoms with van der Waals surface area (Å²) in [5.74, 6) is 1.12. The number of halogens is 1. The Morgan fingerprint density at radius 3 is 2.34 bits per heavy atom. The topological polar surface area (TPSA) is 75.9 Å². The lowest BCUT2D eigenvalue weighted by Gasteiger charge is -2.35. The van der Waals surface area contributed by atoms with Crippen LogP contribution in [0.1, 0.15) is 37.7 Å². The van der Waals surface area contributed by atoms with Gasteiger partial charge in [0.1, 0.15) is 18.1 Å². The molecule has 0 aliphatic carbocycles. The van der Waals surface area contributed by atoms with Gasteiger partial charge in [0.25, 0.3) is 11.8 Å². The second kappa shape index (κ2) is 9.44. The minimum atomic E-state index is -0.114. The van der Waals surface area contributed by atoms with Crippen LogP contribution in [0.5, 0.6) is 5.75 Å². The van der Waals surface area contributed by atoms with E-state index in [4.69, 9.17) is 20.9 Å². The van der Waals surface area contributed by atoms with Crippen LogP contribution in [0, 0.1) is 13.8 Å². The fourth-order valence-corrected chi connectivity index (χ4v) is 3.90. The number of piperazine rings is 1. The molecule has 7 nitrogen and oxygen atoms in total. The third kappa shape index (κ3) is 4.62. The van der Waals surface area contributed by atoms with Crippen LogP contribution in [0.2, 0.25) is 5.02 Å². The van der Waals surface area contributed by atoms with Crippen molar-refractivity contribution in [2.24, 2.45) is 0 Å². The van der Waals surface area contributed by atoms with Gasteiger partial charge in [0.2, 0.25) is 0 Å². The number of carbonyl (C=O) groups excluding carboxylic acids is 2. The SMILES string of the molecule is Cc1noc(C)c1COc1cccc(C(=O)N2CCN(C(=O)c3ccccc3Cl)CC2)c1. The van der Waals surface area contributed by atoms with Crippen molar-refractivity contribution in [2.75, 3.05) is 26.2 Å². The Hall–Kier alpha value is -3.32. The molecule has 1 aliphatic heterocycles. The fourth-order valence-electron chi connectivity index (χ4n) is 3.68. The van der Waals surface area contributed by atoms with Gasteiger partial charge in [0, 0.05) is 31.7 Å². The molecule has 1 fully saturated rings. The van der Waals surface area contributed by atoms with Crippen LogP contribution in [0.15, 0.2) is 53.1 Å². The molecule has 0 unspecified atom stereocenters. The summed E-state index contributed by atoms with van der Waals surface area (Å²) in [6, 6.07) is 14.1. The van der Waals surface area contributed by atoms with Gasteiger partial charge < -0.3 is 19.1 Å². The molecule has 2 aromatic carbocycles. The van der Waals surface area contributed by atoms with Crippen molar-refractivity contribution < 1.29 is 18.8 Å². The molecule has 1 aromatic heterocycles. The van der Waals surface area contributed by atoms with E-state index in [-0.39, 0.29) is 11.8 Å². The number of amides is 2. The largest absolute Gasteiger partial charge is 0.489 e. The first kappa shape index (κ1) is 21.9. The maximum Gasteiger partial charge on any atom is 0.255 e. The lowest BCUT2D eigenvalue weighted by Crippen LogP contribution is -2.50. The van der Waals surface area contributed by atoms with Crippen LogP contribution < -0.4 is 4.74 Å². The van der Waals surface area contributed by atoms with Gasteiger partial charge in [0.15, 0.2) is 0 Å².